The number of likely N-dealkylation sites (N-methyl/N-ethyl adjacent to an activating group) is 2. The lowest BCUT2D eigenvalue weighted by atomic mass is 10.1. The molecule has 1 aromatic rings. The molecule has 1 amide bonds. The van der Waals surface area contributed by atoms with Crippen LogP contribution < -0.4 is 10.2 Å². The number of rotatable bonds is 7. The Morgan fingerprint density at radius 3 is 2.35 bits per heavy atom. The minimum Gasteiger partial charge on any atom is -0.465 e. The van der Waals surface area contributed by atoms with E-state index in [1.54, 1.807) is 12.1 Å². The van der Waals surface area contributed by atoms with E-state index in [0.717, 1.165) is 18.7 Å². The summed E-state index contributed by atoms with van der Waals surface area (Å²) in [5.41, 5.74) is 1.64. The van der Waals surface area contributed by atoms with Crippen LogP contribution in [0.2, 0.25) is 0 Å². The Kier molecular flexibility index (Phi) is 6.73. The van der Waals surface area contributed by atoms with Crippen LogP contribution in [0.3, 0.4) is 0 Å². The van der Waals surface area contributed by atoms with Gasteiger partial charge in [-0.05, 0) is 26.0 Å². The Morgan fingerprint density at radius 2 is 1.85 bits per heavy atom. The largest absolute Gasteiger partial charge is 0.465 e. The van der Waals surface area contributed by atoms with Crippen molar-refractivity contribution >= 4 is 11.9 Å². The second-order valence-corrected chi connectivity index (χ2v) is 4.60. The Bertz CT molecular complexity index is 443. The van der Waals surface area contributed by atoms with Crippen molar-refractivity contribution in [3.05, 3.63) is 35.4 Å². The maximum absolute atomic E-state index is 11.6. The van der Waals surface area contributed by atoms with Gasteiger partial charge in [0.05, 0.1) is 19.2 Å². The number of quaternary nitrogens is 1. The van der Waals surface area contributed by atoms with Crippen molar-refractivity contribution in [1.29, 1.82) is 0 Å². The summed E-state index contributed by atoms with van der Waals surface area (Å²) in [6.07, 6.45) is 0. The van der Waals surface area contributed by atoms with Crippen molar-refractivity contribution < 1.29 is 19.2 Å². The van der Waals surface area contributed by atoms with Gasteiger partial charge >= 0.3 is 5.97 Å². The Hall–Kier alpha value is -1.88. The fourth-order valence-electron chi connectivity index (χ4n) is 1.96. The Morgan fingerprint density at radius 1 is 1.20 bits per heavy atom. The Labute approximate surface area is 119 Å². The molecule has 1 unspecified atom stereocenters. The van der Waals surface area contributed by atoms with E-state index in [1.165, 1.54) is 12.0 Å². The maximum atomic E-state index is 11.6. The standard InChI is InChI=1S/C15H22N2O3/c1-4-16-14(18)11-17(5-2)10-12-6-8-13(9-7-12)15(19)20-3/h6-9H,4-5,10-11H2,1-3H3,(H,16,18)/p+1. The molecule has 0 fully saturated rings. The van der Waals surface area contributed by atoms with E-state index >= 15 is 0 Å². The number of amides is 1. The van der Waals surface area contributed by atoms with E-state index in [9.17, 15) is 9.59 Å². The van der Waals surface area contributed by atoms with Crippen LogP contribution in [0.5, 0.6) is 0 Å². The minimum atomic E-state index is -0.335. The molecule has 1 rings (SSSR count). The normalized spacial score (nSPS) is 11.8. The summed E-state index contributed by atoms with van der Waals surface area (Å²) in [6.45, 7) is 6.71. The average Bonchev–Trinajstić information content (AvgIpc) is 2.46. The molecule has 110 valence electrons. The molecule has 2 N–H and O–H groups in total. The summed E-state index contributed by atoms with van der Waals surface area (Å²) >= 11 is 0. The van der Waals surface area contributed by atoms with Crippen molar-refractivity contribution in [2.24, 2.45) is 0 Å². The molecule has 5 nitrogen and oxygen atoms in total. The third-order valence-electron chi connectivity index (χ3n) is 3.11. The van der Waals surface area contributed by atoms with Gasteiger partial charge < -0.3 is 15.0 Å². The van der Waals surface area contributed by atoms with E-state index in [-0.39, 0.29) is 11.9 Å². The van der Waals surface area contributed by atoms with Gasteiger partial charge in [0, 0.05) is 12.1 Å². The lowest BCUT2D eigenvalue weighted by Gasteiger charge is -2.17. The first-order valence-electron chi connectivity index (χ1n) is 6.88. The molecule has 0 aromatic heterocycles. The molecular formula is C15H23N2O3+. The SMILES string of the molecule is CCNC(=O)C[NH+](CC)Cc1ccc(C(=O)OC)cc1. The number of esters is 1. The molecule has 0 aliphatic carbocycles. The van der Waals surface area contributed by atoms with Gasteiger partial charge in [-0.3, -0.25) is 4.79 Å². The monoisotopic (exact) mass is 279 g/mol. The van der Waals surface area contributed by atoms with Crippen LogP contribution in [0.25, 0.3) is 0 Å². The second-order valence-electron chi connectivity index (χ2n) is 4.60. The third kappa shape index (κ3) is 5.01. The van der Waals surface area contributed by atoms with Crippen LogP contribution in [-0.2, 0) is 16.1 Å². The van der Waals surface area contributed by atoms with E-state index in [1.807, 2.05) is 19.1 Å². The van der Waals surface area contributed by atoms with Crippen LogP contribution in [0.15, 0.2) is 24.3 Å². The highest BCUT2D eigenvalue weighted by atomic mass is 16.5. The van der Waals surface area contributed by atoms with Gasteiger partial charge in [-0.1, -0.05) is 12.1 Å². The molecule has 0 saturated heterocycles. The van der Waals surface area contributed by atoms with E-state index in [4.69, 9.17) is 0 Å². The number of hydrogen-bond donors (Lipinski definition) is 2. The number of carbonyl (C=O) groups is 2. The van der Waals surface area contributed by atoms with Gasteiger partial charge in [-0.15, -0.1) is 0 Å². The summed E-state index contributed by atoms with van der Waals surface area (Å²) < 4.78 is 4.66. The summed E-state index contributed by atoms with van der Waals surface area (Å²) in [5, 5.41) is 2.81. The lowest BCUT2D eigenvalue weighted by Crippen LogP contribution is -3.11. The number of carbonyl (C=O) groups excluding carboxylic acids is 2. The molecule has 0 heterocycles. The van der Waals surface area contributed by atoms with Gasteiger partial charge in [0.15, 0.2) is 6.54 Å². The van der Waals surface area contributed by atoms with Crippen LogP contribution in [0.1, 0.15) is 29.8 Å². The highest BCUT2D eigenvalue weighted by Crippen LogP contribution is 2.04. The molecule has 5 heteroatoms. The zero-order valence-corrected chi connectivity index (χ0v) is 12.4. The van der Waals surface area contributed by atoms with Crippen molar-refractivity contribution in [3.63, 3.8) is 0 Å². The van der Waals surface area contributed by atoms with Crippen LogP contribution >= 0.6 is 0 Å². The molecule has 20 heavy (non-hydrogen) atoms. The summed E-state index contributed by atoms with van der Waals surface area (Å²) in [4.78, 5) is 24.1. The van der Waals surface area contributed by atoms with Crippen molar-refractivity contribution in [2.45, 2.75) is 20.4 Å². The van der Waals surface area contributed by atoms with Crippen LogP contribution in [-0.4, -0.2) is 38.6 Å². The number of nitrogens with one attached hydrogen (secondary N) is 2. The molecule has 1 atom stereocenters. The fourth-order valence-corrected chi connectivity index (χ4v) is 1.96. The maximum Gasteiger partial charge on any atom is 0.337 e. The van der Waals surface area contributed by atoms with E-state index < -0.39 is 0 Å². The van der Waals surface area contributed by atoms with Gasteiger partial charge in [0.25, 0.3) is 5.91 Å². The predicted molar refractivity (Wildman–Crippen MR) is 76.5 cm³/mol. The number of methoxy groups -OCH3 is 1. The first kappa shape index (κ1) is 16.2. The van der Waals surface area contributed by atoms with Crippen LogP contribution in [0, 0.1) is 0 Å². The topological polar surface area (TPSA) is 59.8 Å². The molecule has 0 bridgehead atoms. The first-order chi connectivity index (χ1) is 9.60. The molecular weight excluding hydrogens is 256 g/mol. The summed E-state index contributed by atoms with van der Waals surface area (Å²) in [6, 6.07) is 7.31. The second kappa shape index (κ2) is 8.32. The van der Waals surface area contributed by atoms with Gasteiger partial charge in [0.1, 0.15) is 6.54 Å². The highest BCUT2D eigenvalue weighted by Gasteiger charge is 2.13. The molecule has 0 saturated carbocycles. The number of ether oxygens (including phenoxy) is 1. The number of benzene rings is 1. The lowest BCUT2D eigenvalue weighted by molar-refractivity contribution is -0.904. The predicted octanol–water partition coefficient (Wildman–Crippen LogP) is 0.0141. The molecule has 0 aliphatic heterocycles. The fraction of sp³-hybridized carbons (Fsp3) is 0.467. The van der Waals surface area contributed by atoms with Gasteiger partial charge in [0.2, 0.25) is 0 Å². The quantitative estimate of drug-likeness (QED) is 0.692. The van der Waals surface area contributed by atoms with Gasteiger partial charge in [-0.25, -0.2) is 4.79 Å². The van der Waals surface area contributed by atoms with Crippen molar-refractivity contribution in [1.82, 2.24) is 5.32 Å². The molecule has 0 aliphatic rings. The zero-order chi connectivity index (χ0) is 15.0. The van der Waals surface area contributed by atoms with E-state index in [2.05, 4.69) is 17.0 Å². The summed E-state index contributed by atoms with van der Waals surface area (Å²) in [5.74, 6) is -0.269. The smallest absolute Gasteiger partial charge is 0.337 e. The molecule has 1 aromatic carbocycles. The van der Waals surface area contributed by atoms with E-state index in [0.29, 0.717) is 18.7 Å². The molecule has 0 spiro atoms. The highest BCUT2D eigenvalue weighted by molar-refractivity contribution is 5.89. The van der Waals surface area contributed by atoms with Crippen LogP contribution in [0.4, 0.5) is 0 Å². The molecule has 0 radical (unpaired) electrons. The van der Waals surface area contributed by atoms with Gasteiger partial charge in [-0.2, -0.15) is 0 Å². The third-order valence-corrected chi connectivity index (χ3v) is 3.11. The van der Waals surface area contributed by atoms with Crippen molar-refractivity contribution in [3.8, 4) is 0 Å². The Balaban J connectivity index is 2.61. The summed E-state index contributed by atoms with van der Waals surface area (Å²) in [7, 11) is 1.37. The first-order valence-corrected chi connectivity index (χ1v) is 6.88. The zero-order valence-electron chi connectivity index (χ0n) is 12.4. The van der Waals surface area contributed by atoms with Crippen molar-refractivity contribution in [2.75, 3.05) is 26.7 Å². The minimum absolute atomic E-state index is 0.0653. The number of hydrogen-bond acceptors (Lipinski definition) is 3. The average molecular weight is 279 g/mol.